The van der Waals surface area contributed by atoms with Crippen molar-refractivity contribution in [3.63, 3.8) is 0 Å². The lowest BCUT2D eigenvalue weighted by Gasteiger charge is -2.44. The molecule has 1 rings (SSSR count). The van der Waals surface area contributed by atoms with Gasteiger partial charge in [-0.05, 0) is 6.92 Å². The van der Waals surface area contributed by atoms with Crippen LogP contribution in [0.5, 0.6) is 0 Å². The molecule has 58 valence electrons. The molecule has 4 heteroatoms. The number of nitrogens with zero attached hydrogens (tertiary/aromatic N) is 1. The summed E-state index contributed by atoms with van der Waals surface area (Å²) >= 11 is 0. The molecule has 2 N–H and O–H groups in total. The van der Waals surface area contributed by atoms with Crippen molar-refractivity contribution >= 4 is 6.03 Å². The number of likely N-dealkylation sites (tertiary alicyclic amines) is 1. The molecule has 1 aliphatic rings. The molecular formula is C6H12N2O2. The molecule has 0 radical (unpaired) electrons. The third-order valence-corrected chi connectivity index (χ3v) is 1.99. The Morgan fingerprint density at radius 1 is 1.80 bits per heavy atom. The summed E-state index contributed by atoms with van der Waals surface area (Å²) in [4.78, 5) is 12.1. The Labute approximate surface area is 59.9 Å². The zero-order valence-corrected chi connectivity index (χ0v) is 6.20. The fraction of sp³-hybridized carbons (Fsp3) is 0.833. The first-order valence-electron chi connectivity index (χ1n) is 3.25. The molecule has 0 spiro atoms. The molecule has 0 saturated carbocycles. The molecule has 4 nitrogen and oxygen atoms in total. The highest BCUT2D eigenvalue weighted by molar-refractivity contribution is 5.73. The molecule has 0 bridgehead atoms. The van der Waals surface area contributed by atoms with Gasteiger partial charge in [-0.15, -0.1) is 0 Å². The number of ether oxygens (including phenoxy) is 1. The van der Waals surface area contributed by atoms with E-state index in [4.69, 9.17) is 10.5 Å². The van der Waals surface area contributed by atoms with Gasteiger partial charge in [-0.1, -0.05) is 0 Å². The Balaban J connectivity index is 2.39. The number of methoxy groups -OCH3 is 1. The summed E-state index contributed by atoms with van der Waals surface area (Å²) in [5.41, 5.74) is 5.04. The summed E-state index contributed by atoms with van der Waals surface area (Å²) in [7, 11) is 1.64. The van der Waals surface area contributed by atoms with Gasteiger partial charge in [0.05, 0.1) is 18.7 Å². The van der Waals surface area contributed by atoms with E-state index in [-0.39, 0.29) is 18.2 Å². The second kappa shape index (κ2) is 2.46. The molecule has 2 atom stereocenters. The summed E-state index contributed by atoms with van der Waals surface area (Å²) in [6.07, 6.45) is 0.174. The summed E-state index contributed by atoms with van der Waals surface area (Å²) in [6, 6.07) is -0.219. The van der Waals surface area contributed by atoms with E-state index < -0.39 is 0 Å². The Hall–Kier alpha value is -0.770. The second-order valence-corrected chi connectivity index (χ2v) is 2.51. The molecular weight excluding hydrogens is 132 g/mol. The van der Waals surface area contributed by atoms with E-state index in [1.54, 1.807) is 12.0 Å². The van der Waals surface area contributed by atoms with Crippen LogP contribution in [0.25, 0.3) is 0 Å². The highest BCUT2D eigenvalue weighted by Gasteiger charge is 2.37. The van der Waals surface area contributed by atoms with Crippen molar-refractivity contribution in [2.24, 2.45) is 5.73 Å². The molecule has 0 aromatic heterocycles. The van der Waals surface area contributed by atoms with Gasteiger partial charge in [-0.2, -0.15) is 0 Å². The highest BCUT2D eigenvalue weighted by Crippen LogP contribution is 2.18. The Kier molecular flexibility index (Phi) is 1.80. The predicted molar refractivity (Wildman–Crippen MR) is 36.5 cm³/mol. The van der Waals surface area contributed by atoms with Crippen molar-refractivity contribution in [2.75, 3.05) is 13.7 Å². The van der Waals surface area contributed by atoms with Gasteiger partial charge >= 0.3 is 6.03 Å². The molecule has 1 aliphatic heterocycles. The quantitative estimate of drug-likeness (QED) is 0.553. The zero-order valence-electron chi connectivity index (χ0n) is 6.20. The van der Waals surface area contributed by atoms with Gasteiger partial charge in [0.15, 0.2) is 0 Å². The SMILES string of the molecule is CO[C@@H]1CN(C(N)=O)[C@H]1C. The maximum absolute atomic E-state index is 10.5. The van der Waals surface area contributed by atoms with Crippen LogP contribution in [-0.2, 0) is 4.74 Å². The van der Waals surface area contributed by atoms with E-state index in [0.717, 1.165) is 0 Å². The van der Waals surface area contributed by atoms with Crippen LogP contribution < -0.4 is 5.73 Å². The van der Waals surface area contributed by atoms with Crippen molar-refractivity contribution in [1.82, 2.24) is 4.90 Å². The van der Waals surface area contributed by atoms with Crippen LogP contribution in [-0.4, -0.2) is 36.7 Å². The van der Waals surface area contributed by atoms with Gasteiger partial charge in [0.2, 0.25) is 0 Å². The molecule has 0 aromatic rings. The van der Waals surface area contributed by atoms with Crippen LogP contribution in [0.2, 0.25) is 0 Å². The molecule has 2 amide bonds. The molecule has 0 aromatic carbocycles. The van der Waals surface area contributed by atoms with Crippen LogP contribution in [0.1, 0.15) is 6.92 Å². The van der Waals surface area contributed by atoms with Gasteiger partial charge < -0.3 is 15.4 Å². The van der Waals surface area contributed by atoms with Crippen molar-refractivity contribution in [3.05, 3.63) is 0 Å². The van der Waals surface area contributed by atoms with E-state index >= 15 is 0 Å². The van der Waals surface area contributed by atoms with Crippen LogP contribution in [0.4, 0.5) is 4.79 Å². The van der Waals surface area contributed by atoms with Gasteiger partial charge in [-0.25, -0.2) is 4.79 Å². The third kappa shape index (κ3) is 0.945. The lowest BCUT2D eigenvalue weighted by Crippen LogP contribution is -2.62. The van der Waals surface area contributed by atoms with E-state index in [1.807, 2.05) is 6.92 Å². The smallest absolute Gasteiger partial charge is 0.315 e. The maximum Gasteiger partial charge on any atom is 0.315 e. The first-order chi connectivity index (χ1) is 4.66. The summed E-state index contributed by atoms with van der Waals surface area (Å²) in [6.45, 7) is 2.55. The fourth-order valence-corrected chi connectivity index (χ4v) is 1.14. The number of hydrogen-bond acceptors (Lipinski definition) is 2. The molecule has 10 heavy (non-hydrogen) atoms. The van der Waals surface area contributed by atoms with E-state index in [1.165, 1.54) is 0 Å². The van der Waals surface area contributed by atoms with Crippen molar-refractivity contribution in [1.29, 1.82) is 0 Å². The van der Waals surface area contributed by atoms with Gasteiger partial charge in [0.1, 0.15) is 0 Å². The van der Waals surface area contributed by atoms with Crippen LogP contribution in [0.15, 0.2) is 0 Å². The summed E-state index contributed by atoms with van der Waals surface area (Å²) < 4.78 is 5.03. The molecule has 1 heterocycles. The number of hydrogen-bond donors (Lipinski definition) is 1. The fourth-order valence-electron chi connectivity index (χ4n) is 1.14. The minimum atomic E-state index is -0.360. The average molecular weight is 144 g/mol. The normalized spacial score (nSPS) is 31.6. The van der Waals surface area contributed by atoms with Crippen molar-refractivity contribution < 1.29 is 9.53 Å². The minimum absolute atomic E-state index is 0.141. The molecule has 1 saturated heterocycles. The number of amides is 2. The second-order valence-electron chi connectivity index (χ2n) is 2.51. The lowest BCUT2D eigenvalue weighted by atomic mass is 10.0. The Morgan fingerprint density at radius 2 is 2.40 bits per heavy atom. The highest BCUT2D eigenvalue weighted by atomic mass is 16.5. The first kappa shape index (κ1) is 7.34. The zero-order chi connectivity index (χ0) is 7.72. The number of primary amides is 1. The third-order valence-electron chi connectivity index (χ3n) is 1.99. The molecule has 0 aliphatic carbocycles. The molecule has 1 fully saturated rings. The number of carbonyl (C=O) groups excluding carboxylic acids is 1. The monoisotopic (exact) mass is 144 g/mol. The van der Waals surface area contributed by atoms with Crippen LogP contribution in [0.3, 0.4) is 0 Å². The number of nitrogens with two attached hydrogens (primary N) is 1. The largest absolute Gasteiger partial charge is 0.377 e. The van der Waals surface area contributed by atoms with Gasteiger partial charge in [-0.3, -0.25) is 0 Å². The van der Waals surface area contributed by atoms with Crippen LogP contribution in [0, 0.1) is 0 Å². The summed E-state index contributed by atoms with van der Waals surface area (Å²) in [5.74, 6) is 0. The van der Waals surface area contributed by atoms with E-state index in [2.05, 4.69) is 0 Å². The number of rotatable bonds is 1. The topological polar surface area (TPSA) is 55.6 Å². The number of urea groups is 1. The van der Waals surface area contributed by atoms with E-state index in [0.29, 0.717) is 6.54 Å². The predicted octanol–water partition coefficient (Wildman–Crippen LogP) is -0.216. The van der Waals surface area contributed by atoms with Gasteiger partial charge in [0.25, 0.3) is 0 Å². The minimum Gasteiger partial charge on any atom is -0.377 e. The van der Waals surface area contributed by atoms with Crippen LogP contribution >= 0.6 is 0 Å². The first-order valence-corrected chi connectivity index (χ1v) is 3.25. The van der Waals surface area contributed by atoms with Crippen molar-refractivity contribution in [3.8, 4) is 0 Å². The average Bonchev–Trinajstić information content (AvgIpc) is 1.85. The summed E-state index contributed by atoms with van der Waals surface area (Å²) in [5, 5.41) is 0. The number of carbonyl (C=O) groups is 1. The lowest BCUT2D eigenvalue weighted by molar-refractivity contribution is -0.0501. The van der Waals surface area contributed by atoms with Gasteiger partial charge in [0, 0.05) is 7.11 Å². The maximum atomic E-state index is 10.5. The standard InChI is InChI=1S/C6H12N2O2/c1-4-5(10-2)3-8(4)6(7)9/h4-5H,3H2,1-2H3,(H2,7,9)/t4-,5+/m0/s1. The molecule has 0 unspecified atom stereocenters. The van der Waals surface area contributed by atoms with Crippen molar-refractivity contribution in [2.45, 2.75) is 19.1 Å². The Morgan fingerprint density at radius 3 is 2.70 bits per heavy atom. The Bertz CT molecular complexity index is 149. The van der Waals surface area contributed by atoms with E-state index in [9.17, 15) is 4.79 Å².